The smallest absolute Gasteiger partial charge is 0.344 e. The van der Waals surface area contributed by atoms with Gasteiger partial charge in [0, 0.05) is 18.8 Å². The number of hydrogen-bond acceptors (Lipinski definition) is 3. The van der Waals surface area contributed by atoms with Gasteiger partial charge in [-0.15, -0.1) is 0 Å². The fourth-order valence-corrected chi connectivity index (χ4v) is 2.05. The van der Waals surface area contributed by atoms with Crippen LogP contribution in [0.2, 0.25) is 0 Å². The third-order valence-corrected chi connectivity index (χ3v) is 2.59. The normalized spacial score (nSPS) is 11.4. The molecule has 15 heavy (non-hydrogen) atoms. The minimum absolute atomic E-state index is 0.297. The Morgan fingerprint density at radius 1 is 1.27 bits per heavy atom. The summed E-state index contributed by atoms with van der Waals surface area (Å²) in [5, 5.41) is 0. The summed E-state index contributed by atoms with van der Waals surface area (Å²) in [4.78, 5) is 19.4. The zero-order chi connectivity index (χ0) is 11.3. The molecule has 0 unspecified atom stereocenters. The molecule has 0 aliphatic heterocycles. The van der Waals surface area contributed by atoms with Gasteiger partial charge in [0.05, 0.1) is 0 Å². The lowest BCUT2D eigenvalue weighted by Gasteiger charge is -2.24. The highest BCUT2D eigenvalue weighted by atomic mass is 31.2. The molecule has 1 aromatic carbocycles. The van der Waals surface area contributed by atoms with Crippen molar-refractivity contribution in [1.82, 2.24) is 0 Å². The van der Waals surface area contributed by atoms with Gasteiger partial charge in [0.25, 0.3) is 0 Å². The first-order chi connectivity index (χ1) is 7.03. The van der Waals surface area contributed by atoms with Crippen LogP contribution in [0, 0.1) is 0 Å². The monoisotopic (exact) mass is 230 g/mol. The van der Waals surface area contributed by atoms with Crippen molar-refractivity contribution in [3.05, 3.63) is 30.3 Å². The second kappa shape index (κ2) is 5.28. The topological polar surface area (TPSA) is 86.8 Å². The van der Waals surface area contributed by atoms with E-state index in [1.807, 2.05) is 18.2 Å². The summed E-state index contributed by atoms with van der Waals surface area (Å²) in [6.07, 6.45) is -0.297. The predicted molar refractivity (Wildman–Crippen MR) is 59.8 cm³/mol. The molecule has 0 radical (unpaired) electrons. The molecule has 0 saturated heterocycles. The van der Waals surface area contributed by atoms with Crippen molar-refractivity contribution in [2.24, 2.45) is 5.73 Å². The predicted octanol–water partition coefficient (Wildman–Crippen LogP) is 0.587. The molecule has 4 N–H and O–H groups in total. The molecule has 0 bridgehead atoms. The summed E-state index contributed by atoms with van der Waals surface area (Å²) in [6.45, 7) is 0.782. The highest BCUT2D eigenvalue weighted by Crippen LogP contribution is 2.36. The van der Waals surface area contributed by atoms with Crippen LogP contribution in [0.3, 0.4) is 0 Å². The van der Waals surface area contributed by atoms with Crippen molar-refractivity contribution in [2.75, 3.05) is 24.3 Å². The summed E-state index contributed by atoms with van der Waals surface area (Å²) >= 11 is 0. The van der Waals surface area contributed by atoms with Crippen molar-refractivity contribution < 1.29 is 14.4 Å². The summed E-state index contributed by atoms with van der Waals surface area (Å²) in [7, 11) is -4.05. The lowest BCUT2D eigenvalue weighted by atomic mass is 10.3. The maximum atomic E-state index is 10.9. The summed E-state index contributed by atoms with van der Waals surface area (Å²) in [5.41, 5.74) is 6.16. The third-order valence-electron chi connectivity index (χ3n) is 1.88. The van der Waals surface area contributed by atoms with Gasteiger partial charge in [0.1, 0.15) is 6.29 Å². The van der Waals surface area contributed by atoms with E-state index in [0.717, 1.165) is 5.69 Å². The van der Waals surface area contributed by atoms with Gasteiger partial charge >= 0.3 is 7.60 Å². The molecule has 0 aromatic heterocycles. The molecule has 6 heteroatoms. The first kappa shape index (κ1) is 12.2. The summed E-state index contributed by atoms with van der Waals surface area (Å²) in [5.74, 6) is 0. The number of benzene rings is 1. The SMILES string of the molecule is NCCN(CP(=O)(O)O)c1ccccc1. The number of para-hydroxylation sites is 1. The molecule has 1 rings (SSSR count). The Kier molecular flexibility index (Phi) is 4.29. The molecule has 1 aromatic rings. The number of hydrogen-bond donors (Lipinski definition) is 3. The molecule has 0 spiro atoms. The lowest BCUT2D eigenvalue weighted by molar-refractivity contribution is 0.372. The number of nitrogens with two attached hydrogens (primary N) is 1. The highest BCUT2D eigenvalue weighted by Gasteiger charge is 2.18. The zero-order valence-electron chi connectivity index (χ0n) is 8.28. The maximum Gasteiger partial charge on any atom is 0.344 e. The molecule has 0 aliphatic carbocycles. The summed E-state index contributed by atoms with van der Waals surface area (Å²) < 4.78 is 10.9. The third kappa shape index (κ3) is 4.44. The number of anilines is 1. The van der Waals surface area contributed by atoms with Gasteiger partial charge in [-0.3, -0.25) is 4.57 Å². The van der Waals surface area contributed by atoms with Gasteiger partial charge in [-0.25, -0.2) is 0 Å². The Labute approximate surface area is 88.7 Å². The first-order valence-electron chi connectivity index (χ1n) is 4.57. The van der Waals surface area contributed by atoms with Crippen LogP contribution in [0.1, 0.15) is 0 Å². The zero-order valence-corrected chi connectivity index (χ0v) is 9.18. The molecule has 84 valence electrons. The van der Waals surface area contributed by atoms with Crippen molar-refractivity contribution in [3.8, 4) is 0 Å². The van der Waals surface area contributed by atoms with Crippen molar-refractivity contribution in [1.29, 1.82) is 0 Å². The van der Waals surface area contributed by atoms with Crippen LogP contribution in [-0.2, 0) is 4.57 Å². The van der Waals surface area contributed by atoms with E-state index >= 15 is 0 Å². The Hall–Kier alpha value is -0.870. The van der Waals surface area contributed by atoms with Gasteiger partial charge in [0.15, 0.2) is 0 Å². The van der Waals surface area contributed by atoms with Crippen LogP contribution in [-0.4, -0.2) is 29.2 Å². The highest BCUT2D eigenvalue weighted by molar-refractivity contribution is 7.51. The van der Waals surface area contributed by atoms with Crippen LogP contribution in [0.4, 0.5) is 5.69 Å². The van der Waals surface area contributed by atoms with Gasteiger partial charge in [0.2, 0.25) is 0 Å². The average Bonchev–Trinajstić information content (AvgIpc) is 2.17. The molecule has 0 saturated carbocycles. The molecular formula is C9H15N2O3P. The fourth-order valence-electron chi connectivity index (χ4n) is 1.30. The molecule has 0 fully saturated rings. The molecule has 0 atom stereocenters. The second-order valence-corrected chi connectivity index (χ2v) is 4.81. The van der Waals surface area contributed by atoms with E-state index < -0.39 is 7.60 Å². The van der Waals surface area contributed by atoms with Crippen LogP contribution < -0.4 is 10.6 Å². The van der Waals surface area contributed by atoms with E-state index in [2.05, 4.69) is 0 Å². The van der Waals surface area contributed by atoms with E-state index in [-0.39, 0.29) is 6.29 Å². The Bertz CT molecular complexity index is 338. The van der Waals surface area contributed by atoms with Crippen molar-refractivity contribution in [2.45, 2.75) is 0 Å². The van der Waals surface area contributed by atoms with Gasteiger partial charge in [-0.1, -0.05) is 18.2 Å². The molecule has 5 nitrogen and oxygen atoms in total. The number of nitrogens with zero attached hydrogens (tertiary/aromatic N) is 1. The van der Waals surface area contributed by atoms with Gasteiger partial charge in [-0.2, -0.15) is 0 Å². The standard InChI is InChI=1S/C9H15N2O3P/c10-6-7-11(8-15(12,13)14)9-4-2-1-3-5-9/h1-5H,6-8,10H2,(H2,12,13,14). The van der Waals surface area contributed by atoms with Crippen LogP contribution in [0.5, 0.6) is 0 Å². The Morgan fingerprint density at radius 3 is 2.33 bits per heavy atom. The van der Waals surface area contributed by atoms with Gasteiger partial charge in [-0.05, 0) is 12.1 Å². The lowest BCUT2D eigenvalue weighted by Crippen LogP contribution is -2.30. The second-order valence-electron chi connectivity index (χ2n) is 3.19. The van der Waals surface area contributed by atoms with Gasteiger partial charge < -0.3 is 20.4 Å². The van der Waals surface area contributed by atoms with E-state index in [4.69, 9.17) is 15.5 Å². The van der Waals surface area contributed by atoms with Crippen LogP contribution in [0.25, 0.3) is 0 Å². The van der Waals surface area contributed by atoms with Crippen molar-refractivity contribution >= 4 is 13.3 Å². The van der Waals surface area contributed by atoms with Crippen LogP contribution in [0.15, 0.2) is 30.3 Å². The minimum atomic E-state index is -4.05. The largest absolute Gasteiger partial charge is 0.359 e. The van der Waals surface area contributed by atoms with E-state index in [9.17, 15) is 4.57 Å². The van der Waals surface area contributed by atoms with E-state index in [0.29, 0.717) is 13.1 Å². The summed E-state index contributed by atoms with van der Waals surface area (Å²) in [6, 6.07) is 9.08. The van der Waals surface area contributed by atoms with E-state index in [1.54, 1.807) is 17.0 Å². The Balaban J connectivity index is 2.79. The van der Waals surface area contributed by atoms with E-state index in [1.165, 1.54) is 0 Å². The average molecular weight is 230 g/mol. The molecular weight excluding hydrogens is 215 g/mol. The number of rotatable bonds is 5. The van der Waals surface area contributed by atoms with Crippen LogP contribution >= 0.6 is 7.60 Å². The quantitative estimate of drug-likeness (QED) is 0.644. The minimum Gasteiger partial charge on any atom is -0.359 e. The van der Waals surface area contributed by atoms with Crippen molar-refractivity contribution in [3.63, 3.8) is 0 Å². The molecule has 0 heterocycles. The molecule has 0 aliphatic rings. The molecule has 0 amide bonds. The first-order valence-corrected chi connectivity index (χ1v) is 6.37. The Morgan fingerprint density at radius 2 is 1.87 bits per heavy atom. The fraction of sp³-hybridized carbons (Fsp3) is 0.333. The maximum absolute atomic E-state index is 10.9.